The van der Waals surface area contributed by atoms with Crippen LogP contribution in [0.15, 0.2) is 29.2 Å². The summed E-state index contributed by atoms with van der Waals surface area (Å²) in [5.74, 6) is -0.653. The van der Waals surface area contributed by atoms with Crippen molar-refractivity contribution in [2.24, 2.45) is 0 Å². The molecule has 1 fully saturated rings. The molecule has 0 heterocycles. The molecule has 1 saturated carbocycles. The van der Waals surface area contributed by atoms with E-state index >= 15 is 0 Å². The van der Waals surface area contributed by atoms with Crippen LogP contribution in [0.5, 0.6) is 0 Å². The Morgan fingerprint density at radius 1 is 1.29 bits per heavy atom. The molecule has 0 atom stereocenters. The van der Waals surface area contributed by atoms with Crippen molar-refractivity contribution in [3.8, 4) is 0 Å². The molecule has 0 amide bonds. The van der Waals surface area contributed by atoms with Crippen molar-refractivity contribution in [1.82, 2.24) is 0 Å². The number of carboxylic acids is 1. The van der Waals surface area contributed by atoms with E-state index in [1.54, 1.807) is 0 Å². The number of hydrogen-bond acceptors (Lipinski definition) is 2. The van der Waals surface area contributed by atoms with Gasteiger partial charge < -0.3 is 5.11 Å². The first kappa shape index (κ1) is 12.5. The van der Waals surface area contributed by atoms with E-state index in [9.17, 15) is 9.90 Å². The lowest BCUT2D eigenvalue weighted by Gasteiger charge is -2.23. The first-order valence-corrected chi connectivity index (χ1v) is 6.99. The highest BCUT2D eigenvalue weighted by Crippen LogP contribution is 2.45. The smallest absolute Gasteiger partial charge is 0.320 e. The first-order valence-electron chi connectivity index (χ1n) is 6.18. The number of rotatable bonds is 4. The molecular weight excluding hydrogens is 232 g/mol. The van der Waals surface area contributed by atoms with Crippen molar-refractivity contribution in [1.29, 1.82) is 0 Å². The average molecular weight is 250 g/mol. The molecule has 0 aliphatic heterocycles. The number of benzene rings is 1. The van der Waals surface area contributed by atoms with Crippen LogP contribution >= 0.6 is 11.8 Å². The van der Waals surface area contributed by atoms with Gasteiger partial charge in [-0.25, -0.2) is 0 Å². The fraction of sp³-hybridized carbons (Fsp3) is 0.500. The summed E-state index contributed by atoms with van der Waals surface area (Å²) in [5.41, 5.74) is 1.30. The van der Waals surface area contributed by atoms with Crippen LogP contribution in [0, 0.1) is 0 Å². The van der Waals surface area contributed by atoms with Gasteiger partial charge in [-0.05, 0) is 37.0 Å². The normalized spacial score (nSPS) is 18.2. The van der Waals surface area contributed by atoms with Crippen molar-refractivity contribution in [2.75, 3.05) is 0 Å². The first-order chi connectivity index (χ1) is 8.16. The molecule has 3 heteroatoms. The van der Waals surface area contributed by atoms with Crippen LogP contribution in [-0.2, 0) is 11.2 Å². The van der Waals surface area contributed by atoms with E-state index in [2.05, 4.69) is 19.1 Å². The second kappa shape index (κ2) is 5.13. The summed E-state index contributed by atoms with van der Waals surface area (Å²) in [4.78, 5) is 12.5. The van der Waals surface area contributed by atoms with Gasteiger partial charge in [0.2, 0.25) is 0 Å². The lowest BCUT2D eigenvalue weighted by molar-refractivity contribution is -0.139. The van der Waals surface area contributed by atoms with Gasteiger partial charge in [0, 0.05) is 4.90 Å². The largest absolute Gasteiger partial charge is 0.480 e. The van der Waals surface area contributed by atoms with Gasteiger partial charge in [-0.1, -0.05) is 31.9 Å². The minimum atomic E-state index is -0.653. The summed E-state index contributed by atoms with van der Waals surface area (Å²) in [7, 11) is 0. The molecule has 1 aromatic rings. The predicted octanol–water partition coefficient (Wildman–Crippen LogP) is 3.74. The van der Waals surface area contributed by atoms with Gasteiger partial charge in [0.1, 0.15) is 4.75 Å². The quantitative estimate of drug-likeness (QED) is 0.884. The molecule has 2 nitrogen and oxygen atoms in total. The molecule has 92 valence electrons. The highest BCUT2D eigenvalue weighted by molar-refractivity contribution is 8.01. The number of carboxylic acid groups (broad SMARTS) is 1. The third-order valence-corrected chi connectivity index (χ3v) is 4.93. The van der Waals surface area contributed by atoms with Crippen molar-refractivity contribution < 1.29 is 9.90 Å². The maximum atomic E-state index is 11.4. The zero-order valence-corrected chi connectivity index (χ0v) is 10.9. The number of thioether (sulfide) groups is 1. The number of carbonyl (C=O) groups is 1. The summed E-state index contributed by atoms with van der Waals surface area (Å²) >= 11 is 1.53. The second-order valence-electron chi connectivity index (χ2n) is 4.61. The Bertz CT molecular complexity index is 391. The molecule has 1 aromatic carbocycles. The lowest BCUT2D eigenvalue weighted by atomic mass is 10.1. The van der Waals surface area contributed by atoms with E-state index in [4.69, 9.17) is 0 Å². The van der Waals surface area contributed by atoms with E-state index in [0.717, 1.165) is 37.0 Å². The zero-order valence-electron chi connectivity index (χ0n) is 10.1. The van der Waals surface area contributed by atoms with E-state index in [1.807, 2.05) is 12.1 Å². The Kier molecular flexibility index (Phi) is 3.77. The second-order valence-corrected chi connectivity index (χ2v) is 6.06. The van der Waals surface area contributed by atoms with Crippen LogP contribution in [0.25, 0.3) is 0 Å². The third kappa shape index (κ3) is 2.65. The Morgan fingerprint density at radius 2 is 1.88 bits per heavy atom. The monoisotopic (exact) mass is 250 g/mol. The van der Waals surface area contributed by atoms with Crippen molar-refractivity contribution in [2.45, 2.75) is 48.7 Å². The van der Waals surface area contributed by atoms with Gasteiger partial charge >= 0.3 is 5.97 Å². The molecule has 0 bridgehead atoms. The van der Waals surface area contributed by atoms with E-state index in [1.165, 1.54) is 17.3 Å². The molecule has 0 unspecified atom stereocenters. The number of hydrogen-bond donors (Lipinski definition) is 1. The third-order valence-electron chi connectivity index (χ3n) is 3.45. The summed E-state index contributed by atoms with van der Waals surface area (Å²) < 4.78 is -0.576. The van der Waals surface area contributed by atoms with Crippen molar-refractivity contribution in [3.63, 3.8) is 0 Å². The predicted molar refractivity (Wildman–Crippen MR) is 70.5 cm³/mol. The molecule has 0 spiro atoms. The molecular formula is C14H18O2S. The van der Waals surface area contributed by atoms with Crippen LogP contribution in [0.1, 0.15) is 38.2 Å². The Balaban J connectivity index is 2.15. The minimum absolute atomic E-state index is 0.576. The van der Waals surface area contributed by atoms with Crippen molar-refractivity contribution >= 4 is 17.7 Å². The molecule has 0 radical (unpaired) electrons. The van der Waals surface area contributed by atoms with Gasteiger partial charge in [0.05, 0.1) is 0 Å². The molecule has 1 aliphatic carbocycles. The molecule has 17 heavy (non-hydrogen) atoms. The fourth-order valence-corrected chi connectivity index (χ4v) is 3.63. The van der Waals surface area contributed by atoms with Crippen molar-refractivity contribution in [3.05, 3.63) is 29.8 Å². The molecule has 1 aliphatic rings. The Morgan fingerprint density at radius 3 is 2.35 bits per heavy atom. The molecule has 2 rings (SSSR count). The van der Waals surface area contributed by atoms with Gasteiger partial charge in [-0.2, -0.15) is 0 Å². The molecule has 0 saturated heterocycles. The van der Waals surface area contributed by atoms with Crippen LogP contribution in [0.3, 0.4) is 0 Å². The SMILES string of the molecule is CCc1ccc(SC2(C(=O)O)CCCC2)cc1. The zero-order chi connectivity index (χ0) is 12.3. The fourth-order valence-electron chi connectivity index (χ4n) is 2.32. The standard InChI is InChI=1S/C14H18O2S/c1-2-11-5-7-12(8-6-11)17-14(13(15)16)9-3-4-10-14/h5-8H,2-4,9-10H2,1H3,(H,15,16). The highest BCUT2D eigenvalue weighted by Gasteiger charge is 2.42. The minimum Gasteiger partial charge on any atom is -0.480 e. The average Bonchev–Trinajstić information content (AvgIpc) is 2.80. The Labute approximate surface area is 106 Å². The lowest BCUT2D eigenvalue weighted by Crippen LogP contribution is -2.31. The number of aryl methyl sites for hydroxylation is 1. The topological polar surface area (TPSA) is 37.3 Å². The van der Waals surface area contributed by atoms with Gasteiger partial charge in [0.25, 0.3) is 0 Å². The van der Waals surface area contributed by atoms with E-state index in [0.29, 0.717) is 0 Å². The number of aliphatic carboxylic acids is 1. The van der Waals surface area contributed by atoms with Gasteiger partial charge in [-0.15, -0.1) is 11.8 Å². The van der Waals surface area contributed by atoms with Crippen LogP contribution < -0.4 is 0 Å². The summed E-state index contributed by atoms with van der Waals surface area (Å²) in [5, 5.41) is 9.41. The summed E-state index contributed by atoms with van der Waals surface area (Å²) in [6.07, 6.45) is 4.68. The van der Waals surface area contributed by atoms with E-state index in [-0.39, 0.29) is 0 Å². The highest BCUT2D eigenvalue weighted by atomic mass is 32.2. The maximum Gasteiger partial charge on any atom is 0.320 e. The van der Waals surface area contributed by atoms with Gasteiger partial charge in [0.15, 0.2) is 0 Å². The molecule has 0 aromatic heterocycles. The molecule has 1 N–H and O–H groups in total. The summed E-state index contributed by atoms with van der Waals surface area (Å²) in [6, 6.07) is 8.28. The van der Waals surface area contributed by atoms with Gasteiger partial charge in [-0.3, -0.25) is 4.79 Å². The van der Waals surface area contributed by atoms with E-state index < -0.39 is 10.7 Å². The van der Waals surface area contributed by atoms with Crippen LogP contribution in [0.4, 0.5) is 0 Å². The van der Waals surface area contributed by atoms with Crippen LogP contribution in [-0.4, -0.2) is 15.8 Å². The summed E-state index contributed by atoms with van der Waals surface area (Å²) in [6.45, 7) is 2.12. The van der Waals surface area contributed by atoms with Crippen LogP contribution in [0.2, 0.25) is 0 Å². The maximum absolute atomic E-state index is 11.4. The Hall–Kier alpha value is -0.960.